The van der Waals surface area contributed by atoms with Gasteiger partial charge in [-0.2, -0.15) is 0 Å². The largest absolute Gasteiger partial charge is 0.409 e. The number of nitrogens with one attached hydrogen (secondary N) is 1. The van der Waals surface area contributed by atoms with Gasteiger partial charge in [-0.05, 0) is 18.4 Å². The van der Waals surface area contributed by atoms with Gasteiger partial charge in [-0.25, -0.2) is 0 Å². The van der Waals surface area contributed by atoms with E-state index in [2.05, 4.69) is 17.4 Å². The molecule has 5 nitrogen and oxygen atoms in total. The molecular formula is C14H23N3O2. The van der Waals surface area contributed by atoms with E-state index < -0.39 is 0 Å². The highest BCUT2D eigenvalue weighted by molar-refractivity contribution is 5.87. The standard InChI is InChI=1S/C14H23N3O2/c1-2-12(8-9-18)16-10-13(14(15)17-19)11-6-4-3-5-7-11/h3-7,12-13,16,18-19H,2,8-10H2,1H3,(H2,15,17). The van der Waals surface area contributed by atoms with E-state index in [0.717, 1.165) is 12.0 Å². The Morgan fingerprint density at radius 2 is 2.05 bits per heavy atom. The topological polar surface area (TPSA) is 90.9 Å². The Labute approximate surface area is 114 Å². The second-order valence-electron chi connectivity index (χ2n) is 4.51. The van der Waals surface area contributed by atoms with Crippen molar-refractivity contribution < 1.29 is 10.3 Å². The van der Waals surface area contributed by atoms with Crippen molar-refractivity contribution in [2.45, 2.75) is 31.7 Å². The van der Waals surface area contributed by atoms with Crippen molar-refractivity contribution in [2.75, 3.05) is 13.2 Å². The van der Waals surface area contributed by atoms with Gasteiger partial charge >= 0.3 is 0 Å². The summed E-state index contributed by atoms with van der Waals surface area (Å²) >= 11 is 0. The number of oxime groups is 1. The Morgan fingerprint density at radius 3 is 2.58 bits per heavy atom. The number of aliphatic hydroxyl groups excluding tert-OH is 1. The van der Waals surface area contributed by atoms with E-state index in [1.165, 1.54) is 0 Å². The molecule has 19 heavy (non-hydrogen) atoms. The van der Waals surface area contributed by atoms with E-state index in [-0.39, 0.29) is 24.4 Å². The quantitative estimate of drug-likeness (QED) is 0.246. The predicted molar refractivity (Wildman–Crippen MR) is 76.4 cm³/mol. The summed E-state index contributed by atoms with van der Waals surface area (Å²) in [6, 6.07) is 9.94. The first-order valence-electron chi connectivity index (χ1n) is 6.59. The zero-order valence-electron chi connectivity index (χ0n) is 11.3. The Bertz CT molecular complexity index is 382. The molecular weight excluding hydrogens is 242 g/mol. The summed E-state index contributed by atoms with van der Waals surface area (Å²) < 4.78 is 0. The van der Waals surface area contributed by atoms with Gasteiger partial charge in [0.1, 0.15) is 5.84 Å². The van der Waals surface area contributed by atoms with Gasteiger partial charge in [0, 0.05) is 19.2 Å². The smallest absolute Gasteiger partial charge is 0.147 e. The van der Waals surface area contributed by atoms with Crippen molar-refractivity contribution >= 4 is 5.84 Å². The molecule has 0 aromatic heterocycles. The van der Waals surface area contributed by atoms with Crippen LogP contribution < -0.4 is 11.1 Å². The van der Waals surface area contributed by atoms with Crippen LogP contribution >= 0.6 is 0 Å². The van der Waals surface area contributed by atoms with E-state index in [9.17, 15) is 0 Å². The third-order valence-corrected chi connectivity index (χ3v) is 3.26. The summed E-state index contributed by atoms with van der Waals surface area (Å²) in [5.74, 6) is 0.0245. The molecule has 2 atom stereocenters. The Balaban J connectivity index is 2.71. The van der Waals surface area contributed by atoms with Crippen LogP contribution in [0.15, 0.2) is 35.5 Å². The van der Waals surface area contributed by atoms with Crippen LogP contribution in [0.3, 0.4) is 0 Å². The second kappa shape index (κ2) is 8.50. The van der Waals surface area contributed by atoms with Crippen LogP contribution in [0.4, 0.5) is 0 Å². The molecule has 1 aromatic carbocycles. The number of amidine groups is 1. The number of nitrogens with zero attached hydrogens (tertiary/aromatic N) is 1. The summed E-state index contributed by atoms with van der Waals surface area (Å²) in [4.78, 5) is 0. The maximum Gasteiger partial charge on any atom is 0.147 e. The molecule has 2 unspecified atom stereocenters. The molecule has 0 spiro atoms. The van der Waals surface area contributed by atoms with Crippen molar-refractivity contribution in [3.63, 3.8) is 0 Å². The van der Waals surface area contributed by atoms with Crippen LogP contribution in [0.25, 0.3) is 0 Å². The number of hydrogen-bond acceptors (Lipinski definition) is 4. The van der Waals surface area contributed by atoms with E-state index in [0.29, 0.717) is 13.0 Å². The minimum atomic E-state index is -0.168. The molecule has 0 aliphatic heterocycles. The third-order valence-electron chi connectivity index (χ3n) is 3.26. The average Bonchev–Trinajstić information content (AvgIpc) is 2.47. The lowest BCUT2D eigenvalue weighted by molar-refractivity contribution is 0.262. The molecule has 0 aliphatic rings. The lowest BCUT2D eigenvalue weighted by Crippen LogP contribution is -2.37. The van der Waals surface area contributed by atoms with Gasteiger partial charge in [0.15, 0.2) is 0 Å². The van der Waals surface area contributed by atoms with Crippen LogP contribution in [0.1, 0.15) is 31.2 Å². The Morgan fingerprint density at radius 1 is 1.37 bits per heavy atom. The second-order valence-corrected chi connectivity index (χ2v) is 4.51. The fourth-order valence-corrected chi connectivity index (χ4v) is 2.04. The first-order chi connectivity index (χ1) is 9.22. The van der Waals surface area contributed by atoms with E-state index >= 15 is 0 Å². The van der Waals surface area contributed by atoms with Gasteiger partial charge in [0.25, 0.3) is 0 Å². The summed E-state index contributed by atoms with van der Waals surface area (Å²) in [6.45, 7) is 2.80. The van der Waals surface area contributed by atoms with Crippen molar-refractivity contribution in [3.05, 3.63) is 35.9 Å². The molecule has 0 fully saturated rings. The SMILES string of the molecule is CCC(CCO)NCC(/C(N)=N/O)c1ccccc1. The number of nitrogens with two attached hydrogens (primary N) is 1. The lowest BCUT2D eigenvalue weighted by Gasteiger charge is -2.21. The normalized spacial score (nSPS) is 15.2. The van der Waals surface area contributed by atoms with E-state index in [1.807, 2.05) is 30.3 Å². The molecule has 5 N–H and O–H groups in total. The van der Waals surface area contributed by atoms with Crippen molar-refractivity contribution in [2.24, 2.45) is 10.9 Å². The molecule has 5 heteroatoms. The molecule has 0 saturated heterocycles. The summed E-state index contributed by atoms with van der Waals surface area (Å²) in [5.41, 5.74) is 6.77. The summed E-state index contributed by atoms with van der Waals surface area (Å²) in [5, 5.41) is 24.3. The van der Waals surface area contributed by atoms with Crippen LogP contribution in [0.5, 0.6) is 0 Å². The van der Waals surface area contributed by atoms with Crippen LogP contribution in [-0.4, -0.2) is 35.3 Å². The zero-order chi connectivity index (χ0) is 14.1. The molecule has 106 valence electrons. The van der Waals surface area contributed by atoms with Crippen molar-refractivity contribution in [1.82, 2.24) is 5.32 Å². The van der Waals surface area contributed by atoms with Crippen molar-refractivity contribution in [1.29, 1.82) is 0 Å². The molecule has 0 heterocycles. The number of benzene rings is 1. The van der Waals surface area contributed by atoms with Gasteiger partial charge in [-0.1, -0.05) is 42.4 Å². The lowest BCUT2D eigenvalue weighted by atomic mass is 9.97. The molecule has 0 saturated carbocycles. The molecule has 0 bridgehead atoms. The minimum absolute atomic E-state index is 0.158. The molecule has 0 amide bonds. The van der Waals surface area contributed by atoms with Gasteiger partial charge in [0.2, 0.25) is 0 Å². The monoisotopic (exact) mass is 265 g/mol. The fraction of sp³-hybridized carbons (Fsp3) is 0.500. The van der Waals surface area contributed by atoms with E-state index in [1.54, 1.807) is 0 Å². The fourth-order valence-electron chi connectivity index (χ4n) is 2.04. The van der Waals surface area contributed by atoms with Gasteiger partial charge in [-0.3, -0.25) is 0 Å². The highest BCUT2D eigenvalue weighted by atomic mass is 16.4. The highest BCUT2D eigenvalue weighted by Crippen LogP contribution is 2.15. The number of rotatable bonds is 8. The van der Waals surface area contributed by atoms with Gasteiger partial charge in [-0.15, -0.1) is 0 Å². The highest BCUT2D eigenvalue weighted by Gasteiger charge is 2.17. The maximum atomic E-state index is 8.98. The zero-order valence-corrected chi connectivity index (χ0v) is 11.3. The first kappa shape index (κ1) is 15.5. The van der Waals surface area contributed by atoms with Gasteiger partial charge in [0.05, 0.1) is 5.92 Å². The number of hydrogen-bond donors (Lipinski definition) is 4. The summed E-state index contributed by atoms with van der Waals surface area (Å²) in [7, 11) is 0. The number of aliphatic hydroxyl groups is 1. The van der Waals surface area contributed by atoms with Crippen LogP contribution in [-0.2, 0) is 0 Å². The predicted octanol–water partition coefficient (Wildman–Crippen LogP) is 1.27. The third kappa shape index (κ3) is 4.89. The molecule has 0 radical (unpaired) electrons. The molecule has 1 rings (SSSR count). The summed E-state index contributed by atoms with van der Waals surface area (Å²) in [6.07, 6.45) is 1.63. The molecule has 0 aliphatic carbocycles. The maximum absolute atomic E-state index is 8.98. The van der Waals surface area contributed by atoms with Crippen LogP contribution in [0, 0.1) is 0 Å². The van der Waals surface area contributed by atoms with Gasteiger partial charge < -0.3 is 21.4 Å². The Kier molecular flexibility index (Phi) is 6.92. The Hall–Kier alpha value is -1.59. The van der Waals surface area contributed by atoms with Crippen molar-refractivity contribution in [3.8, 4) is 0 Å². The van der Waals surface area contributed by atoms with Crippen LogP contribution in [0.2, 0.25) is 0 Å². The average molecular weight is 265 g/mol. The van der Waals surface area contributed by atoms with E-state index in [4.69, 9.17) is 16.0 Å². The molecule has 1 aromatic rings. The first-order valence-corrected chi connectivity index (χ1v) is 6.59. The minimum Gasteiger partial charge on any atom is -0.409 e.